The van der Waals surface area contributed by atoms with Gasteiger partial charge in [-0.2, -0.15) is 5.10 Å². The molecule has 27 heavy (non-hydrogen) atoms. The van der Waals surface area contributed by atoms with Crippen LogP contribution in [0.5, 0.6) is 11.5 Å². The summed E-state index contributed by atoms with van der Waals surface area (Å²) in [6.07, 6.45) is 3.38. The van der Waals surface area contributed by atoms with Gasteiger partial charge in [0.2, 0.25) is 5.95 Å². The van der Waals surface area contributed by atoms with E-state index in [0.717, 1.165) is 11.3 Å². The van der Waals surface area contributed by atoms with Gasteiger partial charge in [0.1, 0.15) is 0 Å². The molecule has 2 N–H and O–H groups in total. The largest absolute Gasteiger partial charge is 0.493 e. The molecule has 0 radical (unpaired) electrons. The minimum absolute atomic E-state index is 0.0470. The SMILES string of the molecule is COc1cc(C=Nn2cc(C)nc2N)ccc1OCC(=O)N1CCOCC1. The number of nitrogens with two attached hydrogens (primary N) is 1. The van der Waals surface area contributed by atoms with Gasteiger partial charge in [-0.1, -0.05) is 0 Å². The number of rotatable bonds is 6. The predicted octanol–water partition coefficient (Wildman–Crippen LogP) is 0.902. The van der Waals surface area contributed by atoms with E-state index in [1.165, 1.54) is 4.68 Å². The molecule has 0 saturated carbocycles. The van der Waals surface area contributed by atoms with E-state index in [2.05, 4.69) is 10.1 Å². The molecule has 0 spiro atoms. The highest BCUT2D eigenvalue weighted by Crippen LogP contribution is 2.27. The Labute approximate surface area is 157 Å². The topological polar surface area (TPSA) is 104 Å². The zero-order valence-corrected chi connectivity index (χ0v) is 15.4. The summed E-state index contributed by atoms with van der Waals surface area (Å²) in [6, 6.07) is 5.34. The number of benzene rings is 1. The van der Waals surface area contributed by atoms with Crippen LogP contribution in [-0.4, -0.2) is 66.7 Å². The lowest BCUT2D eigenvalue weighted by molar-refractivity contribution is -0.137. The molecule has 1 saturated heterocycles. The second-order valence-corrected chi connectivity index (χ2v) is 6.02. The minimum Gasteiger partial charge on any atom is -0.493 e. The first-order chi connectivity index (χ1) is 13.1. The van der Waals surface area contributed by atoms with Crippen molar-refractivity contribution in [3.05, 3.63) is 35.7 Å². The van der Waals surface area contributed by atoms with Gasteiger partial charge in [0, 0.05) is 13.1 Å². The first-order valence-corrected chi connectivity index (χ1v) is 8.59. The number of ether oxygens (including phenoxy) is 3. The summed E-state index contributed by atoms with van der Waals surface area (Å²) >= 11 is 0. The lowest BCUT2D eigenvalue weighted by atomic mass is 10.2. The second-order valence-electron chi connectivity index (χ2n) is 6.02. The minimum atomic E-state index is -0.0723. The maximum Gasteiger partial charge on any atom is 0.260 e. The summed E-state index contributed by atoms with van der Waals surface area (Å²) in [7, 11) is 1.55. The van der Waals surface area contributed by atoms with Gasteiger partial charge < -0.3 is 24.8 Å². The van der Waals surface area contributed by atoms with Crippen LogP contribution in [0.2, 0.25) is 0 Å². The van der Waals surface area contributed by atoms with Gasteiger partial charge in [0.15, 0.2) is 18.1 Å². The fraction of sp³-hybridized carbons (Fsp3) is 0.389. The molecule has 9 heteroatoms. The van der Waals surface area contributed by atoms with Crippen LogP contribution in [0.1, 0.15) is 11.3 Å². The maximum absolute atomic E-state index is 12.2. The molecule has 1 fully saturated rings. The zero-order chi connectivity index (χ0) is 19.2. The number of methoxy groups -OCH3 is 1. The Morgan fingerprint density at radius 3 is 2.81 bits per heavy atom. The third-order valence-corrected chi connectivity index (χ3v) is 4.07. The van der Waals surface area contributed by atoms with Gasteiger partial charge in [0.25, 0.3) is 5.91 Å². The highest BCUT2D eigenvalue weighted by Gasteiger charge is 2.18. The zero-order valence-electron chi connectivity index (χ0n) is 15.4. The second kappa shape index (κ2) is 8.54. The smallest absolute Gasteiger partial charge is 0.260 e. The summed E-state index contributed by atoms with van der Waals surface area (Å²) < 4.78 is 17.8. The molecule has 1 amide bonds. The van der Waals surface area contributed by atoms with Crippen LogP contribution in [0.15, 0.2) is 29.5 Å². The van der Waals surface area contributed by atoms with Crippen LogP contribution in [0.4, 0.5) is 5.95 Å². The number of carbonyl (C=O) groups excluding carboxylic acids is 1. The molecule has 1 aliphatic rings. The van der Waals surface area contributed by atoms with Crippen LogP contribution >= 0.6 is 0 Å². The number of morpholine rings is 1. The van der Waals surface area contributed by atoms with Crippen LogP contribution in [0.3, 0.4) is 0 Å². The third kappa shape index (κ3) is 4.76. The van der Waals surface area contributed by atoms with Crippen molar-refractivity contribution in [1.29, 1.82) is 0 Å². The molecular weight excluding hydrogens is 350 g/mol. The van der Waals surface area contributed by atoms with Gasteiger partial charge in [-0.05, 0) is 30.7 Å². The summed E-state index contributed by atoms with van der Waals surface area (Å²) in [5.74, 6) is 1.26. The van der Waals surface area contributed by atoms with E-state index in [-0.39, 0.29) is 12.5 Å². The number of anilines is 1. The molecule has 1 aromatic carbocycles. The molecule has 9 nitrogen and oxygen atoms in total. The van der Waals surface area contributed by atoms with Crippen LogP contribution in [0, 0.1) is 6.92 Å². The Balaban J connectivity index is 1.65. The number of imidazole rings is 1. The Kier molecular flexibility index (Phi) is 5.92. The van der Waals surface area contributed by atoms with Crippen molar-refractivity contribution in [1.82, 2.24) is 14.6 Å². The molecule has 144 valence electrons. The number of nitrogen functional groups attached to an aromatic ring is 1. The Hall–Kier alpha value is -3.07. The van der Waals surface area contributed by atoms with Crippen molar-refractivity contribution in [2.75, 3.05) is 45.8 Å². The summed E-state index contributed by atoms with van der Waals surface area (Å²) in [6.45, 7) is 4.09. The Bertz CT molecular complexity index is 827. The number of nitrogens with zero attached hydrogens (tertiary/aromatic N) is 4. The molecular formula is C18H23N5O4. The standard InChI is InChI=1S/C18H23N5O4/c1-13-11-23(18(19)21-13)20-10-14-3-4-15(16(9-14)25-2)27-12-17(24)22-5-7-26-8-6-22/h3-4,9-11H,5-8,12H2,1-2H3,(H2,19,21). The molecule has 2 aromatic rings. The normalized spacial score (nSPS) is 14.5. The number of aromatic nitrogens is 2. The van der Waals surface area contributed by atoms with Gasteiger partial charge in [-0.25, -0.2) is 9.66 Å². The van der Waals surface area contributed by atoms with Gasteiger partial charge in [-0.3, -0.25) is 4.79 Å². The number of aryl methyl sites for hydroxylation is 1. The highest BCUT2D eigenvalue weighted by molar-refractivity contribution is 5.81. The molecule has 0 atom stereocenters. The van der Waals surface area contributed by atoms with Crippen LogP contribution < -0.4 is 15.2 Å². The fourth-order valence-electron chi connectivity index (χ4n) is 2.65. The fourth-order valence-corrected chi connectivity index (χ4v) is 2.65. The highest BCUT2D eigenvalue weighted by atomic mass is 16.5. The molecule has 0 bridgehead atoms. The average molecular weight is 373 g/mol. The monoisotopic (exact) mass is 373 g/mol. The first-order valence-electron chi connectivity index (χ1n) is 8.59. The van der Waals surface area contributed by atoms with E-state index in [0.29, 0.717) is 43.8 Å². The lowest BCUT2D eigenvalue weighted by Gasteiger charge is -2.26. The number of hydrogen-bond donors (Lipinski definition) is 1. The molecule has 2 heterocycles. The number of amides is 1. The van der Waals surface area contributed by atoms with Crippen molar-refractivity contribution in [3.8, 4) is 11.5 Å². The van der Waals surface area contributed by atoms with Crippen molar-refractivity contribution in [3.63, 3.8) is 0 Å². The summed E-state index contributed by atoms with van der Waals surface area (Å²) in [5.41, 5.74) is 7.35. The molecule has 3 rings (SSSR count). The molecule has 0 unspecified atom stereocenters. The predicted molar refractivity (Wildman–Crippen MR) is 100 cm³/mol. The van der Waals surface area contributed by atoms with Gasteiger partial charge in [-0.15, -0.1) is 0 Å². The van der Waals surface area contributed by atoms with Crippen molar-refractivity contribution < 1.29 is 19.0 Å². The maximum atomic E-state index is 12.2. The third-order valence-electron chi connectivity index (χ3n) is 4.07. The van der Waals surface area contributed by atoms with E-state index >= 15 is 0 Å². The van der Waals surface area contributed by atoms with Crippen molar-refractivity contribution in [2.24, 2.45) is 5.10 Å². The molecule has 1 aromatic heterocycles. The quantitative estimate of drug-likeness (QED) is 0.755. The summed E-state index contributed by atoms with van der Waals surface area (Å²) in [4.78, 5) is 18.0. The van der Waals surface area contributed by atoms with Crippen molar-refractivity contribution in [2.45, 2.75) is 6.92 Å². The summed E-state index contributed by atoms with van der Waals surface area (Å²) in [5, 5.41) is 4.27. The van der Waals surface area contributed by atoms with E-state index in [4.69, 9.17) is 19.9 Å². The molecule has 1 aliphatic heterocycles. The number of carbonyl (C=O) groups is 1. The Morgan fingerprint density at radius 2 is 2.15 bits per heavy atom. The first kappa shape index (κ1) is 18.7. The Morgan fingerprint density at radius 1 is 1.37 bits per heavy atom. The lowest BCUT2D eigenvalue weighted by Crippen LogP contribution is -2.43. The van der Waals surface area contributed by atoms with Crippen LogP contribution in [-0.2, 0) is 9.53 Å². The van der Waals surface area contributed by atoms with Gasteiger partial charge >= 0.3 is 0 Å². The van der Waals surface area contributed by atoms with E-state index < -0.39 is 0 Å². The van der Waals surface area contributed by atoms with E-state index in [1.54, 1.807) is 36.6 Å². The van der Waals surface area contributed by atoms with Gasteiger partial charge in [0.05, 0.1) is 38.4 Å². The molecule has 0 aliphatic carbocycles. The van der Waals surface area contributed by atoms with E-state index in [1.807, 2.05) is 13.0 Å². The average Bonchev–Trinajstić information content (AvgIpc) is 3.02. The number of hydrogen-bond acceptors (Lipinski definition) is 7. The van der Waals surface area contributed by atoms with E-state index in [9.17, 15) is 4.79 Å². The van der Waals surface area contributed by atoms with Crippen molar-refractivity contribution >= 4 is 18.1 Å². The van der Waals surface area contributed by atoms with Crippen LogP contribution in [0.25, 0.3) is 0 Å².